The maximum atomic E-state index is 11.5. The predicted octanol–water partition coefficient (Wildman–Crippen LogP) is 3.28. The lowest BCUT2D eigenvalue weighted by Crippen LogP contribution is -2.10. The molecule has 0 radical (unpaired) electrons. The van der Waals surface area contributed by atoms with E-state index in [1.54, 1.807) is 31.2 Å². The highest BCUT2D eigenvalue weighted by atomic mass is 35.5. The van der Waals surface area contributed by atoms with E-state index in [4.69, 9.17) is 16.3 Å². The summed E-state index contributed by atoms with van der Waals surface area (Å²) in [5, 5.41) is -0.484. The van der Waals surface area contributed by atoms with Gasteiger partial charge in [-0.15, -0.1) is 11.6 Å². The molecule has 0 aliphatic carbocycles. The Hall–Kier alpha value is -1.02. The third-order valence-electron chi connectivity index (χ3n) is 1.87. The first-order chi connectivity index (χ1) is 7.00. The molecule has 15 heavy (non-hydrogen) atoms. The average Bonchev–Trinajstić information content (AvgIpc) is 2.17. The fraction of sp³-hybridized carbons (Fsp3) is 0.417. The third-order valence-corrected chi connectivity index (χ3v) is 2.07. The first kappa shape index (κ1) is 12.1. The lowest BCUT2D eigenvalue weighted by molar-refractivity contribution is 0.0991. The third kappa shape index (κ3) is 3.56. The number of ether oxygens (including phenoxy) is 1. The largest absolute Gasteiger partial charge is 0.491 e. The van der Waals surface area contributed by atoms with Crippen molar-refractivity contribution in [2.24, 2.45) is 0 Å². The highest BCUT2D eigenvalue weighted by molar-refractivity contribution is 6.33. The van der Waals surface area contributed by atoms with E-state index in [0.717, 1.165) is 5.75 Å². The van der Waals surface area contributed by atoms with Gasteiger partial charge in [-0.05, 0) is 45.0 Å². The van der Waals surface area contributed by atoms with Gasteiger partial charge in [-0.1, -0.05) is 0 Å². The van der Waals surface area contributed by atoms with Gasteiger partial charge < -0.3 is 4.74 Å². The number of hydrogen-bond acceptors (Lipinski definition) is 2. The number of alkyl halides is 1. The van der Waals surface area contributed by atoms with Crippen molar-refractivity contribution in [1.29, 1.82) is 0 Å². The quantitative estimate of drug-likeness (QED) is 0.582. The Balaban J connectivity index is 2.76. The van der Waals surface area contributed by atoms with Crippen LogP contribution >= 0.6 is 11.6 Å². The van der Waals surface area contributed by atoms with Crippen LogP contribution in [0, 0.1) is 0 Å². The van der Waals surface area contributed by atoms with Gasteiger partial charge in [-0.3, -0.25) is 4.79 Å². The summed E-state index contributed by atoms with van der Waals surface area (Å²) in [6.45, 7) is 5.59. The van der Waals surface area contributed by atoms with E-state index in [-0.39, 0.29) is 11.9 Å². The van der Waals surface area contributed by atoms with E-state index >= 15 is 0 Å². The molecule has 0 aliphatic heterocycles. The standard InChI is InChI=1S/C12H15ClO2/c1-8(2)15-11-6-4-10(5-7-11)12(14)9(3)13/h4-9H,1-3H3. The average molecular weight is 227 g/mol. The number of rotatable bonds is 4. The van der Waals surface area contributed by atoms with Crippen molar-refractivity contribution in [2.45, 2.75) is 32.3 Å². The van der Waals surface area contributed by atoms with E-state index in [0.29, 0.717) is 5.56 Å². The van der Waals surface area contributed by atoms with Crippen LogP contribution in [0.4, 0.5) is 0 Å². The van der Waals surface area contributed by atoms with Crippen molar-refractivity contribution >= 4 is 17.4 Å². The van der Waals surface area contributed by atoms with Crippen molar-refractivity contribution in [2.75, 3.05) is 0 Å². The molecule has 82 valence electrons. The van der Waals surface area contributed by atoms with E-state index in [2.05, 4.69) is 0 Å². The maximum Gasteiger partial charge on any atom is 0.180 e. The Labute approximate surface area is 95.2 Å². The summed E-state index contributed by atoms with van der Waals surface area (Å²) >= 11 is 5.71. The highest BCUT2D eigenvalue weighted by Crippen LogP contribution is 2.15. The lowest BCUT2D eigenvalue weighted by atomic mass is 10.1. The van der Waals surface area contributed by atoms with Crippen molar-refractivity contribution < 1.29 is 9.53 Å². The molecule has 0 spiro atoms. The van der Waals surface area contributed by atoms with Crippen LogP contribution in [0.15, 0.2) is 24.3 Å². The summed E-state index contributed by atoms with van der Waals surface area (Å²) in [4.78, 5) is 11.5. The molecular formula is C12H15ClO2. The van der Waals surface area contributed by atoms with Gasteiger partial charge in [-0.2, -0.15) is 0 Å². The second kappa shape index (κ2) is 5.17. The van der Waals surface area contributed by atoms with Crippen LogP contribution in [0.1, 0.15) is 31.1 Å². The van der Waals surface area contributed by atoms with Crippen molar-refractivity contribution in [1.82, 2.24) is 0 Å². The molecule has 0 N–H and O–H groups in total. The fourth-order valence-corrected chi connectivity index (χ4v) is 1.33. The van der Waals surface area contributed by atoms with Crippen LogP contribution < -0.4 is 4.74 Å². The molecule has 0 aromatic heterocycles. The number of benzene rings is 1. The Morgan fingerprint density at radius 2 is 1.73 bits per heavy atom. The second-order valence-corrected chi connectivity index (χ2v) is 4.33. The van der Waals surface area contributed by atoms with Crippen molar-refractivity contribution in [3.63, 3.8) is 0 Å². The van der Waals surface area contributed by atoms with Crippen LogP contribution in [-0.4, -0.2) is 17.3 Å². The summed E-state index contributed by atoms with van der Waals surface area (Å²) in [6.07, 6.45) is 0.138. The molecule has 1 rings (SSSR count). The van der Waals surface area contributed by atoms with Crippen molar-refractivity contribution in [3.8, 4) is 5.75 Å². The van der Waals surface area contributed by atoms with Gasteiger partial charge >= 0.3 is 0 Å². The number of carbonyl (C=O) groups is 1. The smallest absolute Gasteiger partial charge is 0.180 e. The number of hydrogen-bond donors (Lipinski definition) is 0. The van der Waals surface area contributed by atoms with E-state index in [9.17, 15) is 4.79 Å². The lowest BCUT2D eigenvalue weighted by Gasteiger charge is -2.10. The normalized spacial score (nSPS) is 12.6. The minimum atomic E-state index is -0.484. The minimum Gasteiger partial charge on any atom is -0.491 e. The fourth-order valence-electron chi connectivity index (χ4n) is 1.20. The molecule has 0 aliphatic rings. The Kier molecular flexibility index (Phi) is 4.15. The zero-order valence-corrected chi connectivity index (χ0v) is 9.91. The molecule has 0 amide bonds. The monoisotopic (exact) mass is 226 g/mol. The first-order valence-electron chi connectivity index (χ1n) is 4.95. The van der Waals surface area contributed by atoms with Crippen LogP contribution in [0.3, 0.4) is 0 Å². The molecule has 1 aromatic rings. The molecular weight excluding hydrogens is 212 g/mol. The van der Waals surface area contributed by atoms with E-state index in [1.807, 2.05) is 13.8 Å². The first-order valence-corrected chi connectivity index (χ1v) is 5.39. The topological polar surface area (TPSA) is 26.3 Å². The number of carbonyl (C=O) groups excluding carboxylic acids is 1. The summed E-state index contributed by atoms with van der Waals surface area (Å²) in [5.74, 6) is 0.705. The maximum absolute atomic E-state index is 11.5. The predicted molar refractivity (Wildman–Crippen MR) is 61.9 cm³/mol. The van der Waals surface area contributed by atoms with Gasteiger partial charge in [0, 0.05) is 5.56 Å². The van der Waals surface area contributed by atoms with Crippen LogP contribution in [0.2, 0.25) is 0 Å². The van der Waals surface area contributed by atoms with Gasteiger partial charge in [0.25, 0.3) is 0 Å². The molecule has 0 saturated heterocycles. The molecule has 1 atom stereocenters. The van der Waals surface area contributed by atoms with Gasteiger partial charge in [0.05, 0.1) is 11.5 Å². The SMILES string of the molecule is CC(C)Oc1ccc(C(=O)C(C)Cl)cc1. The van der Waals surface area contributed by atoms with Crippen LogP contribution in [0.25, 0.3) is 0 Å². The molecule has 2 nitrogen and oxygen atoms in total. The summed E-state index contributed by atoms with van der Waals surface area (Å²) in [7, 11) is 0. The van der Waals surface area contributed by atoms with E-state index in [1.165, 1.54) is 0 Å². The Bertz CT molecular complexity index is 328. The Morgan fingerprint density at radius 1 is 1.20 bits per heavy atom. The summed E-state index contributed by atoms with van der Waals surface area (Å²) < 4.78 is 5.47. The molecule has 3 heteroatoms. The van der Waals surface area contributed by atoms with Crippen LogP contribution in [0.5, 0.6) is 5.75 Å². The van der Waals surface area contributed by atoms with Gasteiger partial charge in [0.15, 0.2) is 5.78 Å². The molecule has 0 heterocycles. The number of ketones is 1. The highest BCUT2D eigenvalue weighted by Gasteiger charge is 2.11. The molecule has 1 aromatic carbocycles. The van der Waals surface area contributed by atoms with Gasteiger partial charge in [0.2, 0.25) is 0 Å². The minimum absolute atomic E-state index is 0.0623. The summed E-state index contributed by atoms with van der Waals surface area (Å²) in [6, 6.07) is 7.04. The van der Waals surface area contributed by atoms with Crippen LogP contribution in [-0.2, 0) is 0 Å². The molecule has 0 fully saturated rings. The van der Waals surface area contributed by atoms with Gasteiger partial charge in [-0.25, -0.2) is 0 Å². The number of halogens is 1. The molecule has 1 unspecified atom stereocenters. The molecule has 0 saturated carbocycles. The second-order valence-electron chi connectivity index (χ2n) is 3.67. The van der Waals surface area contributed by atoms with Gasteiger partial charge in [0.1, 0.15) is 5.75 Å². The molecule has 0 bridgehead atoms. The van der Waals surface area contributed by atoms with E-state index < -0.39 is 5.38 Å². The zero-order chi connectivity index (χ0) is 11.4. The zero-order valence-electron chi connectivity index (χ0n) is 9.16. The Morgan fingerprint density at radius 3 is 2.13 bits per heavy atom. The van der Waals surface area contributed by atoms with Crippen molar-refractivity contribution in [3.05, 3.63) is 29.8 Å². The summed E-state index contributed by atoms with van der Waals surface area (Å²) in [5.41, 5.74) is 0.619. The number of Topliss-reactive ketones (excluding diaryl/α,β-unsaturated/α-hetero) is 1.